The van der Waals surface area contributed by atoms with Crippen molar-refractivity contribution >= 4 is 22.6 Å². The van der Waals surface area contributed by atoms with Crippen LogP contribution in [-0.2, 0) is 0 Å². The first-order chi connectivity index (χ1) is 14.2. The number of fused-ring (bicyclic) bond motifs is 1. The van der Waals surface area contributed by atoms with Crippen molar-refractivity contribution < 1.29 is 4.79 Å². The summed E-state index contributed by atoms with van der Waals surface area (Å²) in [5.41, 5.74) is 1.71. The molecule has 29 heavy (non-hydrogen) atoms. The van der Waals surface area contributed by atoms with Gasteiger partial charge >= 0.3 is 0 Å². The van der Waals surface area contributed by atoms with E-state index in [1.165, 1.54) is 0 Å². The molecule has 0 atom stereocenters. The van der Waals surface area contributed by atoms with Crippen molar-refractivity contribution in [2.75, 3.05) is 31.1 Å². The normalized spacial score (nSPS) is 14.5. The van der Waals surface area contributed by atoms with Crippen molar-refractivity contribution in [1.29, 1.82) is 0 Å². The van der Waals surface area contributed by atoms with E-state index in [1.807, 2.05) is 65.2 Å². The number of carbonyl (C=O) groups excluding carboxylic acids is 1. The number of hydrogen-bond donors (Lipinski definition) is 1. The summed E-state index contributed by atoms with van der Waals surface area (Å²) in [7, 11) is 0. The maximum absolute atomic E-state index is 13.0. The molecule has 5 rings (SSSR count). The molecule has 1 aliphatic rings. The topological polar surface area (TPSA) is 82.9 Å². The van der Waals surface area contributed by atoms with Gasteiger partial charge in [-0.15, -0.1) is 10.2 Å². The number of aromatic nitrogens is 5. The van der Waals surface area contributed by atoms with E-state index in [-0.39, 0.29) is 5.91 Å². The Labute approximate surface area is 167 Å². The van der Waals surface area contributed by atoms with E-state index >= 15 is 0 Å². The lowest BCUT2D eigenvalue weighted by molar-refractivity contribution is 0.0748. The number of para-hydroxylation sites is 1. The predicted octanol–water partition coefficient (Wildman–Crippen LogP) is 2.41. The second-order valence-corrected chi connectivity index (χ2v) is 7.12. The molecular formula is C21H21N7O. The fourth-order valence-electron chi connectivity index (χ4n) is 3.79. The Morgan fingerprint density at radius 1 is 1.00 bits per heavy atom. The lowest BCUT2D eigenvalue weighted by Crippen LogP contribution is -2.49. The van der Waals surface area contributed by atoms with Gasteiger partial charge in [0.1, 0.15) is 5.82 Å². The van der Waals surface area contributed by atoms with Crippen molar-refractivity contribution in [3.8, 4) is 5.82 Å². The number of nitrogens with one attached hydrogen (secondary N) is 1. The molecule has 146 valence electrons. The average molecular weight is 387 g/mol. The SMILES string of the molecule is Cc1nccn1-c1ccc(N2CCN(C(=O)c3c[nH]c4ccccc34)CC2)nn1. The number of amides is 1. The average Bonchev–Trinajstić information content (AvgIpc) is 3.40. The zero-order chi connectivity index (χ0) is 19.8. The van der Waals surface area contributed by atoms with Gasteiger partial charge in [0, 0.05) is 55.7 Å². The highest BCUT2D eigenvalue weighted by Gasteiger charge is 2.24. The molecule has 0 unspecified atom stereocenters. The Morgan fingerprint density at radius 2 is 1.76 bits per heavy atom. The van der Waals surface area contributed by atoms with Crippen LogP contribution in [0.1, 0.15) is 16.2 Å². The lowest BCUT2D eigenvalue weighted by Gasteiger charge is -2.35. The number of hydrogen-bond acceptors (Lipinski definition) is 5. The number of anilines is 1. The second-order valence-electron chi connectivity index (χ2n) is 7.12. The zero-order valence-electron chi connectivity index (χ0n) is 16.1. The highest BCUT2D eigenvalue weighted by molar-refractivity contribution is 6.06. The van der Waals surface area contributed by atoms with Gasteiger partial charge < -0.3 is 14.8 Å². The molecule has 0 spiro atoms. The minimum Gasteiger partial charge on any atom is -0.360 e. The van der Waals surface area contributed by atoms with Gasteiger partial charge in [0.15, 0.2) is 11.6 Å². The van der Waals surface area contributed by atoms with E-state index in [1.54, 1.807) is 6.20 Å². The third kappa shape index (κ3) is 3.12. The number of imidazole rings is 1. The molecule has 4 heterocycles. The van der Waals surface area contributed by atoms with Gasteiger partial charge in [0.05, 0.1) is 5.56 Å². The smallest absolute Gasteiger partial charge is 0.256 e. The van der Waals surface area contributed by atoms with Crippen molar-refractivity contribution in [1.82, 2.24) is 29.6 Å². The summed E-state index contributed by atoms with van der Waals surface area (Å²) < 4.78 is 1.90. The van der Waals surface area contributed by atoms with Gasteiger partial charge in [-0.05, 0) is 25.1 Å². The number of rotatable bonds is 3. The molecule has 3 aromatic heterocycles. The van der Waals surface area contributed by atoms with E-state index in [2.05, 4.69) is 25.1 Å². The summed E-state index contributed by atoms with van der Waals surface area (Å²) in [6.07, 6.45) is 5.42. The molecule has 1 fully saturated rings. The maximum atomic E-state index is 13.0. The summed E-state index contributed by atoms with van der Waals surface area (Å²) in [6.45, 7) is 4.70. The summed E-state index contributed by atoms with van der Waals surface area (Å²) in [5, 5.41) is 9.68. The van der Waals surface area contributed by atoms with Crippen molar-refractivity contribution in [3.63, 3.8) is 0 Å². The molecule has 1 aliphatic heterocycles. The van der Waals surface area contributed by atoms with E-state index in [0.717, 1.165) is 47.0 Å². The second kappa shape index (κ2) is 7.05. The van der Waals surface area contributed by atoms with Crippen molar-refractivity contribution in [2.45, 2.75) is 6.92 Å². The minimum atomic E-state index is 0.0686. The maximum Gasteiger partial charge on any atom is 0.256 e. The van der Waals surface area contributed by atoms with Crippen LogP contribution in [0, 0.1) is 6.92 Å². The Kier molecular flexibility index (Phi) is 4.23. The van der Waals surface area contributed by atoms with E-state index in [9.17, 15) is 4.79 Å². The Bertz CT molecular complexity index is 1150. The number of aryl methyl sites for hydroxylation is 1. The molecule has 0 aliphatic carbocycles. The van der Waals surface area contributed by atoms with Crippen LogP contribution >= 0.6 is 0 Å². The minimum absolute atomic E-state index is 0.0686. The summed E-state index contributed by atoms with van der Waals surface area (Å²) >= 11 is 0. The predicted molar refractivity (Wildman–Crippen MR) is 110 cm³/mol. The van der Waals surface area contributed by atoms with Gasteiger partial charge in [0.2, 0.25) is 0 Å². The van der Waals surface area contributed by atoms with E-state index in [0.29, 0.717) is 13.1 Å². The fourth-order valence-corrected chi connectivity index (χ4v) is 3.79. The molecule has 0 radical (unpaired) electrons. The number of piperazine rings is 1. The van der Waals surface area contributed by atoms with Crippen molar-refractivity contribution in [2.24, 2.45) is 0 Å². The Hall–Kier alpha value is -3.68. The highest BCUT2D eigenvalue weighted by atomic mass is 16.2. The molecule has 1 aromatic carbocycles. The first-order valence-electron chi connectivity index (χ1n) is 9.65. The van der Waals surface area contributed by atoms with Crippen LogP contribution in [-0.4, -0.2) is 61.7 Å². The first kappa shape index (κ1) is 17.4. The Morgan fingerprint density at radius 3 is 2.48 bits per heavy atom. The fraction of sp³-hybridized carbons (Fsp3) is 0.238. The number of benzene rings is 1. The van der Waals surface area contributed by atoms with Crippen LogP contribution in [0.4, 0.5) is 5.82 Å². The standard InChI is InChI=1S/C21H21N7O/c1-15-22-8-9-28(15)20-7-6-19(24-25-20)26-10-12-27(13-11-26)21(29)17-14-23-18-5-3-2-4-16(17)18/h2-9,14,23H,10-13H2,1H3. The van der Waals surface area contributed by atoms with Gasteiger partial charge in [-0.3, -0.25) is 9.36 Å². The molecule has 1 N–H and O–H groups in total. The van der Waals surface area contributed by atoms with Crippen LogP contribution in [0.5, 0.6) is 0 Å². The molecule has 4 aromatic rings. The first-order valence-corrected chi connectivity index (χ1v) is 9.65. The highest BCUT2D eigenvalue weighted by Crippen LogP contribution is 2.21. The van der Waals surface area contributed by atoms with Crippen LogP contribution in [0.25, 0.3) is 16.7 Å². The Balaban J connectivity index is 1.27. The van der Waals surface area contributed by atoms with E-state index in [4.69, 9.17) is 0 Å². The number of carbonyl (C=O) groups is 1. The molecular weight excluding hydrogens is 366 g/mol. The van der Waals surface area contributed by atoms with Crippen LogP contribution < -0.4 is 4.90 Å². The van der Waals surface area contributed by atoms with Crippen molar-refractivity contribution in [3.05, 3.63) is 66.4 Å². The molecule has 8 heteroatoms. The molecule has 0 saturated carbocycles. The molecule has 8 nitrogen and oxygen atoms in total. The number of H-pyrrole nitrogens is 1. The lowest BCUT2D eigenvalue weighted by atomic mass is 10.1. The summed E-state index contributed by atoms with van der Waals surface area (Å²) in [6, 6.07) is 11.8. The largest absolute Gasteiger partial charge is 0.360 e. The summed E-state index contributed by atoms with van der Waals surface area (Å²) in [5.74, 6) is 2.51. The van der Waals surface area contributed by atoms with Gasteiger partial charge in [-0.1, -0.05) is 18.2 Å². The third-order valence-corrected chi connectivity index (χ3v) is 5.42. The number of aromatic amines is 1. The monoisotopic (exact) mass is 387 g/mol. The summed E-state index contributed by atoms with van der Waals surface area (Å²) in [4.78, 5) is 24.4. The molecule has 0 bridgehead atoms. The van der Waals surface area contributed by atoms with Crippen LogP contribution in [0.15, 0.2) is 55.0 Å². The number of nitrogens with zero attached hydrogens (tertiary/aromatic N) is 6. The zero-order valence-corrected chi connectivity index (χ0v) is 16.1. The van der Waals surface area contributed by atoms with Gasteiger partial charge in [-0.2, -0.15) is 0 Å². The third-order valence-electron chi connectivity index (χ3n) is 5.42. The molecule has 1 saturated heterocycles. The van der Waals surface area contributed by atoms with Gasteiger partial charge in [0.25, 0.3) is 5.91 Å². The van der Waals surface area contributed by atoms with Crippen LogP contribution in [0.3, 0.4) is 0 Å². The van der Waals surface area contributed by atoms with E-state index < -0.39 is 0 Å². The van der Waals surface area contributed by atoms with Gasteiger partial charge in [-0.25, -0.2) is 4.98 Å². The van der Waals surface area contributed by atoms with Crippen LogP contribution in [0.2, 0.25) is 0 Å². The molecule has 1 amide bonds. The quantitative estimate of drug-likeness (QED) is 0.584.